The van der Waals surface area contributed by atoms with Crippen LogP contribution in [0, 0.1) is 13.8 Å². The molecule has 1 aromatic carbocycles. The highest BCUT2D eigenvalue weighted by molar-refractivity contribution is 7.07. The van der Waals surface area contributed by atoms with Gasteiger partial charge in [-0.2, -0.15) is 0 Å². The summed E-state index contributed by atoms with van der Waals surface area (Å²) in [6.45, 7) is 6.90. The smallest absolute Gasteiger partial charge is 0.297 e. The summed E-state index contributed by atoms with van der Waals surface area (Å²) in [4.78, 5) is 18.4. The fourth-order valence-corrected chi connectivity index (χ4v) is 3.61. The number of para-hydroxylation sites is 1. The van der Waals surface area contributed by atoms with Gasteiger partial charge in [0.1, 0.15) is 0 Å². The van der Waals surface area contributed by atoms with Crippen molar-refractivity contribution in [3.63, 3.8) is 0 Å². The van der Waals surface area contributed by atoms with E-state index in [1.807, 2.05) is 49.0 Å². The fraction of sp³-hybridized carbons (Fsp3) is 0.294. The molecule has 5 nitrogen and oxygen atoms in total. The molecule has 0 radical (unpaired) electrons. The zero-order valence-electron chi connectivity index (χ0n) is 13.8. The van der Waals surface area contributed by atoms with Gasteiger partial charge in [0.2, 0.25) is 0 Å². The molecule has 0 unspecified atom stereocenters. The van der Waals surface area contributed by atoms with Crippen molar-refractivity contribution in [3.05, 3.63) is 62.3 Å². The van der Waals surface area contributed by atoms with Gasteiger partial charge < -0.3 is 4.57 Å². The Hall–Kier alpha value is -2.34. The molecule has 120 valence electrons. The lowest BCUT2D eigenvalue weighted by molar-refractivity contribution is 0.630. The number of nitrogens with zero attached hydrogens (tertiary/aromatic N) is 4. The highest BCUT2D eigenvalue weighted by Crippen LogP contribution is 2.16. The average Bonchev–Trinajstić information content (AvgIpc) is 3.01. The first kappa shape index (κ1) is 15.6. The summed E-state index contributed by atoms with van der Waals surface area (Å²) in [6, 6.07) is 9.63. The Morgan fingerprint density at radius 2 is 1.87 bits per heavy atom. The second-order valence-corrected chi connectivity index (χ2v) is 6.26. The number of aryl methyl sites for hydroxylation is 1. The first-order valence-electron chi connectivity index (χ1n) is 7.58. The van der Waals surface area contributed by atoms with Gasteiger partial charge in [0, 0.05) is 24.7 Å². The predicted molar refractivity (Wildman–Crippen MR) is 93.7 cm³/mol. The minimum atomic E-state index is -0.0927. The first-order chi connectivity index (χ1) is 11.0. The maximum atomic E-state index is 12.9. The van der Waals surface area contributed by atoms with Crippen molar-refractivity contribution in [1.29, 1.82) is 0 Å². The van der Waals surface area contributed by atoms with E-state index in [0.717, 1.165) is 28.4 Å². The maximum Gasteiger partial charge on any atom is 0.297 e. The molecule has 0 saturated heterocycles. The molecule has 0 fully saturated rings. The Morgan fingerprint density at radius 1 is 1.17 bits per heavy atom. The van der Waals surface area contributed by atoms with Crippen LogP contribution in [0.15, 0.2) is 45.5 Å². The van der Waals surface area contributed by atoms with Gasteiger partial charge in [-0.3, -0.25) is 9.48 Å². The van der Waals surface area contributed by atoms with Crippen LogP contribution in [0.1, 0.15) is 18.3 Å². The molecule has 3 rings (SSSR count). The van der Waals surface area contributed by atoms with E-state index >= 15 is 0 Å². The molecule has 0 atom stereocenters. The quantitative estimate of drug-likeness (QED) is 0.729. The SMILES string of the molecule is CCn1c(C)csc1=Nc1c(C)n(C)n(-c2ccccc2)c1=O. The van der Waals surface area contributed by atoms with E-state index in [9.17, 15) is 4.79 Å². The van der Waals surface area contributed by atoms with Crippen molar-refractivity contribution in [2.75, 3.05) is 0 Å². The largest absolute Gasteiger partial charge is 0.321 e. The van der Waals surface area contributed by atoms with Crippen LogP contribution in [-0.4, -0.2) is 13.9 Å². The molecule has 0 N–H and O–H groups in total. The van der Waals surface area contributed by atoms with Crippen LogP contribution in [0.5, 0.6) is 0 Å². The molecular weight excluding hydrogens is 308 g/mol. The molecule has 6 heteroatoms. The van der Waals surface area contributed by atoms with Crippen molar-refractivity contribution in [3.8, 4) is 5.69 Å². The monoisotopic (exact) mass is 328 g/mol. The summed E-state index contributed by atoms with van der Waals surface area (Å²) in [5.74, 6) is 0. The van der Waals surface area contributed by atoms with E-state index in [4.69, 9.17) is 0 Å². The number of rotatable bonds is 3. The third-order valence-electron chi connectivity index (χ3n) is 4.04. The second kappa shape index (κ2) is 6.04. The van der Waals surface area contributed by atoms with Crippen LogP contribution in [0.4, 0.5) is 5.69 Å². The second-order valence-electron chi connectivity index (χ2n) is 5.43. The Kier molecular flexibility index (Phi) is 4.09. The highest BCUT2D eigenvalue weighted by Gasteiger charge is 2.15. The third-order valence-corrected chi connectivity index (χ3v) is 5.02. The van der Waals surface area contributed by atoms with Crippen molar-refractivity contribution in [2.45, 2.75) is 27.3 Å². The van der Waals surface area contributed by atoms with Gasteiger partial charge >= 0.3 is 0 Å². The average molecular weight is 328 g/mol. The van der Waals surface area contributed by atoms with Crippen LogP contribution >= 0.6 is 11.3 Å². The summed E-state index contributed by atoms with van der Waals surface area (Å²) in [5, 5.41) is 2.07. The van der Waals surface area contributed by atoms with Crippen LogP contribution < -0.4 is 10.4 Å². The number of hydrogen-bond acceptors (Lipinski definition) is 3. The summed E-state index contributed by atoms with van der Waals surface area (Å²) in [7, 11) is 1.89. The molecule has 0 spiro atoms. The Balaban J connectivity index is 2.25. The molecule has 3 aromatic rings. The lowest BCUT2D eigenvalue weighted by Gasteiger charge is -2.07. The summed E-state index contributed by atoms with van der Waals surface area (Å²) >= 11 is 1.56. The number of hydrogen-bond donors (Lipinski definition) is 0. The number of aromatic nitrogens is 3. The third kappa shape index (κ3) is 2.59. The van der Waals surface area contributed by atoms with Gasteiger partial charge in [-0.15, -0.1) is 11.3 Å². The van der Waals surface area contributed by atoms with E-state index in [2.05, 4.69) is 28.8 Å². The van der Waals surface area contributed by atoms with Crippen molar-refractivity contribution in [2.24, 2.45) is 12.0 Å². The molecule has 0 bridgehead atoms. The van der Waals surface area contributed by atoms with E-state index in [-0.39, 0.29) is 5.56 Å². The Morgan fingerprint density at radius 3 is 2.52 bits per heavy atom. The molecular formula is C17H20N4OS. The van der Waals surface area contributed by atoms with Crippen molar-refractivity contribution in [1.82, 2.24) is 13.9 Å². The van der Waals surface area contributed by atoms with Gasteiger partial charge in [-0.25, -0.2) is 9.67 Å². The van der Waals surface area contributed by atoms with Crippen LogP contribution in [0.25, 0.3) is 5.69 Å². The van der Waals surface area contributed by atoms with E-state index < -0.39 is 0 Å². The van der Waals surface area contributed by atoms with Crippen molar-refractivity contribution < 1.29 is 0 Å². The summed E-state index contributed by atoms with van der Waals surface area (Å²) < 4.78 is 5.63. The van der Waals surface area contributed by atoms with E-state index in [1.165, 1.54) is 0 Å². The minimum absolute atomic E-state index is 0.0927. The molecule has 23 heavy (non-hydrogen) atoms. The molecule has 0 saturated carbocycles. The van der Waals surface area contributed by atoms with Gasteiger partial charge in [0.25, 0.3) is 5.56 Å². The van der Waals surface area contributed by atoms with Crippen LogP contribution in [0.3, 0.4) is 0 Å². The Bertz CT molecular complexity index is 957. The normalized spacial score (nSPS) is 12.1. The maximum absolute atomic E-state index is 12.9. The molecule has 2 aromatic heterocycles. The molecule has 0 aliphatic heterocycles. The predicted octanol–water partition coefficient (Wildman–Crippen LogP) is 2.91. The van der Waals surface area contributed by atoms with Crippen LogP contribution in [0.2, 0.25) is 0 Å². The topological polar surface area (TPSA) is 44.2 Å². The summed E-state index contributed by atoms with van der Waals surface area (Å²) in [6.07, 6.45) is 0. The molecule has 0 amide bonds. The lowest BCUT2D eigenvalue weighted by Crippen LogP contribution is -2.20. The molecule has 2 heterocycles. The van der Waals surface area contributed by atoms with Gasteiger partial charge in [0.05, 0.1) is 11.4 Å². The minimum Gasteiger partial charge on any atom is -0.321 e. The van der Waals surface area contributed by atoms with Crippen LogP contribution in [-0.2, 0) is 13.6 Å². The first-order valence-corrected chi connectivity index (χ1v) is 8.46. The summed E-state index contributed by atoms with van der Waals surface area (Å²) in [5.41, 5.74) is 3.27. The van der Waals surface area contributed by atoms with Crippen molar-refractivity contribution >= 4 is 17.0 Å². The molecule has 0 aliphatic carbocycles. The van der Waals surface area contributed by atoms with Gasteiger partial charge in [0.15, 0.2) is 10.5 Å². The lowest BCUT2D eigenvalue weighted by atomic mass is 10.3. The zero-order chi connectivity index (χ0) is 16.6. The highest BCUT2D eigenvalue weighted by atomic mass is 32.1. The molecule has 0 aliphatic rings. The number of thiazole rings is 1. The van der Waals surface area contributed by atoms with E-state index in [0.29, 0.717) is 5.69 Å². The van der Waals surface area contributed by atoms with Gasteiger partial charge in [-0.05, 0) is 32.9 Å². The van der Waals surface area contributed by atoms with E-state index in [1.54, 1.807) is 16.0 Å². The number of benzene rings is 1. The zero-order valence-corrected chi connectivity index (χ0v) is 14.6. The van der Waals surface area contributed by atoms with Gasteiger partial charge in [-0.1, -0.05) is 18.2 Å². The fourth-order valence-electron chi connectivity index (χ4n) is 2.67. The Labute approximate surface area is 138 Å². The standard InChI is InChI=1S/C17H20N4OS/c1-5-20-12(2)11-23-17(20)18-15-13(3)19(4)21(16(15)22)14-9-7-6-8-10-14/h6-11H,5H2,1-4H3.